The van der Waals surface area contributed by atoms with E-state index in [9.17, 15) is 22.8 Å². The van der Waals surface area contributed by atoms with Crippen LogP contribution in [0.1, 0.15) is 25.6 Å². The molecule has 0 spiro atoms. The van der Waals surface area contributed by atoms with E-state index < -0.39 is 29.1 Å². The van der Waals surface area contributed by atoms with Crippen molar-refractivity contribution in [3.05, 3.63) is 57.8 Å². The lowest BCUT2D eigenvalue weighted by atomic mass is 10.1. The van der Waals surface area contributed by atoms with Gasteiger partial charge >= 0.3 is 6.18 Å². The number of thiophene rings is 1. The summed E-state index contributed by atoms with van der Waals surface area (Å²) < 4.78 is 38.3. The van der Waals surface area contributed by atoms with E-state index in [1.807, 2.05) is 5.43 Å². The molecule has 2 aromatic rings. The Hall–Kier alpha value is -2.35. The maximum atomic E-state index is 12.8. The highest BCUT2D eigenvalue weighted by Gasteiger charge is 2.34. The summed E-state index contributed by atoms with van der Waals surface area (Å²) in [5, 5.41) is 1.66. The van der Waals surface area contributed by atoms with Crippen LogP contribution >= 0.6 is 11.3 Å². The maximum Gasteiger partial charge on any atom is 0.417 e. The lowest BCUT2D eigenvalue weighted by Gasteiger charge is -2.12. The van der Waals surface area contributed by atoms with Gasteiger partial charge in [0.25, 0.3) is 11.8 Å². The standard InChI is InChI=1S/C13H9F3N2O2S/c14-13(15,16)9-5-2-1-4-8(9)11(19)17-18-12(20)10-6-3-7-21-10/h1-7H,(H,17,19)(H,18,20). The second-order valence-corrected chi connectivity index (χ2v) is 4.88. The number of halogens is 3. The van der Waals surface area contributed by atoms with Crippen LogP contribution in [0, 0.1) is 0 Å². The highest BCUT2D eigenvalue weighted by molar-refractivity contribution is 7.12. The van der Waals surface area contributed by atoms with Crippen LogP contribution in [0.2, 0.25) is 0 Å². The zero-order valence-electron chi connectivity index (χ0n) is 10.4. The molecule has 0 aliphatic heterocycles. The van der Waals surface area contributed by atoms with E-state index in [-0.39, 0.29) is 0 Å². The third kappa shape index (κ3) is 3.60. The van der Waals surface area contributed by atoms with Crippen LogP contribution in [-0.4, -0.2) is 11.8 Å². The second kappa shape index (κ2) is 5.96. The summed E-state index contributed by atoms with van der Waals surface area (Å²) >= 11 is 1.14. The molecule has 1 heterocycles. The topological polar surface area (TPSA) is 58.2 Å². The molecule has 0 radical (unpaired) electrons. The number of nitrogens with one attached hydrogen (secondary N) is 2. The van der Waals surface area contributed by atoms with Gasteiger partial charge in [0, 0.05) is 0 Å². The van der Waals surface area contributed by atoms with Crippen molar-refractivity contribution in [2.24, 2.45) is 0 Å². The Morgan fingerprint density at radius 1 is 0.952 bits per heavy atom. The molecule has 0 atom stereocenters. The van der Waals surface area contributed by atoms with Crippen molar-refractivity contribution in [2.75, 3.05) is 0 Å². The van der Waals surface area contributed by atoms with Crippen LogP contribution in [0.5, 0.6) is 0 Å². The average Bonchev–Trinajstić information content (AvgIpc) is 2.97. The molecule has 0 aliphatic carbocycles. The molecule has 110 valence electrons. The molecular formula is C13H9F3N2O2S. The van der Waals surface area contributed by atoms with Crippen LogP contribution in [0.3, 0.4) is 0 Å². The normalized spacial score (nSPS) is 11.0. The van der Waals surface area contributed by atoms with Gasteiger partial charge in [-0.15, -0.1) is 11.3 Å². The van der Waals surface area contributed by atoms with Crippen molar-refractivity contribution in [3.63, 3.8) is 0 Å². The molecule has 1 aromatic carbocycles. The molecular weight excluding hydrogens is 305 g/mol. The van der Waals surface area contributed by atoms with Gasteiger partial charge in [-0.1, -0.05) is 18.2 Å². The molecule has 0 aliphatic rings. The van der Waals surface area contributed by atoms with Gasteiger partial charge in [0.2, 0.25) is 0 Å². The number of amides is 2. The number of alkyl halides is 3. The Kier molecular flexibility index (Phi) is 4.27. The summed E-state index contributed by atoms with van der Waals surface area (Å²) in [6, 6.07) is 7.50. The molecule has 0 saturated heterocycles. The summed E-state index contributed by atoms with van der Waals surface area (Å²) in [5.74, 6) is -1.63. The Balaban J connectivity index is 2.09. The molecule has 2 amide bonds. The minimum atomic E-state index is -4.65. The van der Waals surface area contributed by atoms with Crippen LogP contribution < -0.4 is 10.9 Å². The van der Waals surface area contributed by atoms with Crippen molar-refractivity contribution >= 4 is 23.2 Å². The first-order valence-electron chi connectivity index (χ1n) is 5.70. The van der Waals surface area contributed by atoms with Gasteiger partial charge in [0.05, 0.1) is 16.0 Å². The maximum absolute atomic E-state index is 12.8. The molecule has 0 unspecified atom stereocenters. The summed E-state index contributed by atoms with van der Waals surface area (Å²) in [5.41, 5.74) is 2.41. The van der Waals surface area contributed by atoms with Gasteiger partial charge < -0.3 is 0 Å². The number of hydrazine groups is 1. The Morgan fingerprint density at radius 2 is 1.62 bits per heavy atom. The van der Waals surface area contributed by atoms with E-state index in [0.29, 0.717) is 4.88 Å². The van der Waals surface area contributed by atoms with Crippen molar-refractivity contribution in [1.29, 1.82) is 0 Å². The molecule has 8 heteroatoms. The molecule has 0 fully saturated rings. The zero-order valence-corrected chi connectivity index (χ0v) is 11.2. The fourth-order valence-corrected chi connectivity index (χ4v) is 2.20. The first-order chi connectivity index (χ1) is 9.89. The second-order valence-electron chi connectivity index (χ2n) is 3.93. The quantitative estimate of drug-likeness (QED) is 0.838. The van der Waals surface area contributed by atoms with E-state index in [0.717, 1.165) is 23.5 Å². The fraction of sp³-hybridized carbons (Fsp3) is 0.0769. The van der Waals surface area contributed by atoms with Gasteiger partial charge in [-0.3, -0.25) is 20.4 Å². The average molecular weight is 314 g/mol. The van der Waals surface area contributed by atoms with E-state index in [1.165, 1.54) is 18.2 Å². The Bertz CT molecular complexity index is 654. The summed E-state index contributed by atoms with van der Waals surface area (Å²) in [7, 11) is 0. The van der Waals surface area contributed by atoms with Crippen molar-refractivity contribution in [3.8, 4) is 0 Å². The lowest BCUT2D eigenvalue weighted by Crippen LogP contribution is -2.42. The van der Waals surface area contributed by atoms with Crippen molar-refractivity contribution < 1.29 is 22.8 Å². The van der Waals surface area contributed by atoms with Gasteiger partial charge in [-0.05, 0) is 23.6 Å². The number of rotatable bonds is 2. The number of benzene rings is 1. The number of carbonyl (C=O) groups excluding carboxylic acids is 2. The highest BCUT2D eigenvalue weighted by atomic mass is 32.1. The SMILES string of the molecule is O=C(NNC(=O)c1ccccc1C(F)(F)F)c1cccs1. The largest absolute Gasteiger partial charge is 0.417 e. The predicted molar refractivity (Wildman–Crippen MR) is 70.7 cm³/mol. The van der Waals surface area contributed by atoms with E-state index >= 15 is 0 Å². The Morgan fingerprint density at radius 3 is 2.24 bits per heavy atom. The van der Waals surface area contributed by atoms with E-state index in [2.05, 4.69) is 5.43 Å². The third-order valence-corrected chi connectivity index (χ3v) is 3.38. The smallest absolute Gasteiger partial charge is 0.267 e. The number of hydrogen-bond acceptors (Lipinski definition) is 3. The first-order valence-corrected chi connectivity index (χ1v) is 6.58. The van der Waals surface area contributed by atoms with Crippen LogP contribution in [0.4, 0.5) is 13.2 Å². The number of carbonyl (C=O) groups is 2. The molecule has 0 bridgehead atoms. The molecule has 4 nitrogen and oxygen atoms in total. The zero-order chi connectivity index (χ0) is 15.5. The summed E-state index contributed by atoms with van der Waals surface area (Å²) in [6.45, 7) is 0. The highest BCUT2D eigenvalue weighted by Crippen LogP contribution is 2.31. The molecule has 1 aromatic heterocycles. The van der Waals surface area contributed by atoms with Gasteiger partial charge in [0.15, 0.2) is 0 Å². The van der Waals surface area contributed by atoms with Crippen molar-refractivity contribution in [2.45, 2.75) is 6.18 Å². The van der Waals surface area contributed by atoms with Crippen LogP contribution in [-0.2, 0) is 6.18 Å². The lowest BCUT2D eigenvalue weighted by molar-refractivity contribution is -0.137. The molecule has 2 N–H and O–H groups in total. The van der Waals surface area contributed by atoms with Crippen LogP contribution in [0.15, 0.2) is 41.8 Å². The minimum absolute atomic E-state index is 0.333. The Labute approximate surface area is 121 Å². The van der Waals surface area contributed by atoms with Gasteiger partial charge in [0.1, 0.15) is 0 Å². The number of hydrogen-bond donors (Lipinski definition) is 2. The van der Waals surface area contributed by atoms with Crippen LogP contribution in [0.25, 0.3) is 0 Å². The van der Waals surface area contributed by atoms with Crippen molar-refractivity contribution in [1.82, 2.24) is 10.9 Å². The minimum Gasteiger partial charge on any atom is -0.267 e. The molecule has 21 heavy (non-hydrogen) atoms. The predicted octanol–water partition coefficient (Wildman–Crippen LogP) is 2.84. The summed E-state index contributed by atoms with van der Waals surface area (Å²) in [4.78, 5) is 23.7. The molecule has 2 rings (SSSR count). The van der Waals surface area contributed by atoms with Gasteiger partial charge in [-0.2, -0.15) is 13.2 Å². The molecule has 0 saturated carbocycles. The first kappa shape index (κ1) is 15.0. The summed E-state index contributed by atoms with van der Waals surface area (Å²) in [6.07, 6.45) is -4.65. The van der Waals surface area contributed by atoms with E-state index in [1.54, 1.807) is 11.4 Å². The third-order valence-electron chi connectivity index (χ3n) is 2.51. The fourth-order valence-electron chi connectivity index (χ4n) is 1.58. The monoisotopic (exact) mass is 314 g/mol. The van der Waals surface area contributed by atoms with E-state index in [4.69, 9.17) is 0 Å². The van der Waals surface area contributed by atoms with Gasteiger partial charge in [-0.25, -0.2) is 0 Å².